The Labute approximate surface area is 207 Å². The van der Waals surface area contributed by atoms with Gasteiger partial charge in [0.05, 0.1) is 5.88 Å². The summed E-state index contributed by atoms with van der Waals surface area (Å²) >= 11 is 1.43. The second-order valence-corrected chi connectivity index (χ2v) is 9.50. The van der Waals surface area contributed by atoms with Crippen LogP contribution in [0, 0.1) is 0 Å². The Morgan fingerprint density at radius 2 is 1.57 bits per heavy atom. The van der Waals surface area contributed by atoms with Crippen molar-refractivity contribution in [3.05, 3.63) is 95.1 Å². The minimum absolute atomic E-state index is 0.00294. The summed E-state index contributed by atoms with van der Waals surface area (Å²) in [5.74, 6) is -0.549. The molecule has 1 atom stereocenters. The lowest BCUT2D eigenvalue weighted by Crippen LogP contribution is -2.41. The summed E-state index contributed by atoms with van der Waals surface area (Å²) in [6, 6.07) is 22.3. The predicted octanol–water partition coefficient (Wildman–Crippen LogP) is 4.33. The maximum absolute atomic E-state index is 12.7. The summed E-state index contributed by atoms with van der Waals surface area (Å²) in [4.78, 5) is 37.8. The molecule has 0 bridgehead atoms. The third kappa shape index (κ3) is 4.61. The van der Waals surface area contributed by atoms with Gasteiger partial charge in [-0.05, 0) is 39.9 Å². The number of carbonyl (C=O) groups excluding carboxylic acids is 2. The number of hydrogen-bond donors (Lipinski definition) is 2. The summed E-state index contributed by atoms with van der Waals surface area (Å²) in [7, 11) is 0. The summed E-state index contributed by atoms with van der Waals surface area (Å²) in [5.41, 5.74) is 5.89. The van der Waals surface area contributed by atoms with Gasteiger partial charge in [-0.25, -0.2) is 9.59 Å². The molecule has 0 saturated carbocycles. The number of thioether (sulfide) groups is 1. The van der Waals surface area contributed by atoms with Crippen LogP contribution >= 0.6 is 11.8 Å². The van der Waals surface area contributed by atoms with Crippen LogP contribution in [0.4, 0.5) is 4.79 Å². The van der Waals surface area contributed by atoms with Crippen LogP contribution in [0.5, 0.6) is 0 Å². The molecule has 2 N–H and O–H groups in total. The van der Waals surface area contributed by atoms with Gasteiger partial charge in [-0.15, -0.1) is 11.8 Å². The highest BCUT2D eigenvalue weighted by Gasteiger charge is 2.35. The van der Waals surface area contributed by atoms with Gasteiger partial charge in [0.25, 0.3) is 5.91 Å². The van der Waals surface area contributed by atoms with Crippen LogP contribution in [0.15, 0.2) is 72.8 Å². The standard InChI is InChI=1S/C27H24N2O5S/c30-25(29-16-35-15-24(29)26(31)32)18-11-9-17(10-12-18)13-28-27(33)34-14-23-21-7-3-1-5-19(21)20-6-2-4-8-22(20)23/h1-12,23-24H,13-16H2,(H,28,33)(H,31,32)/t24-/m0/s1. The molecule has 2 amide bonds. The fraction of sp³-hybridized carbons (Fsp3) is 0.222. The molecule has 2 aliphatic rings. The molecule has 0 radical (unpaired) electrons. The zero-order valence-electron chi connectivity index (χ0n) is 18.8. The van der Waals surface area contributed by atoms with Gasteiger partial charge >= 0.3 is 12.1 Å². The lowest BCUT2D eigenvalue weighted by molar-refractivity contribution is -0.140. The molecule has 0 spiro atoms. The van der Waals surface area contributed by atoms with E-state index in [1.807, 2.05) is 24.3 Å². The fourth-order valence-corrected chi connectivity index (χ4v) is 5.75. The molecule has 178 valence electrons. The molecular weight excluding hydrogens is 464 g/mol. The van der Waals surface area contributed by atoms with Crippen LogP contribution in [-0.2, 0) is 16.1 Å². The second kappa shape index (κ2) is 9.84. The average molecular weight is 489 g/mol. The quantitative estimate of drug-likeness (QED) is 0.536. The van der Waals surface area contributed by atoms with E-state index >= 15 is 0 Å². The summed E-state index contributed by atoms with van der Waals surface area (Å²) < 4.78 is 5.56. The van der Waals surface area contributed by atoms with Gasteiger partial charge in [-0.1, -0.05) is 60.7 Å². The van der Waals surface area contributed by atoms with Crippen molar-refractivity contribution in [1.82, 2.24) is 10.2 Å². The summed E-state index contributed by atoms with van der Waals surface area (Å²) in [6.07, 6.45) is -0.509. The van der Waals surface area contributed by atoms with E-state index in [0.29, 0.717) is 17.2 Å². The maximum atomic E-state index is 12.7. The van der Waals surface area contributed by atoms with Crippen molar-refractivity contribution >= 4 is 29.7 Å². The molecule has 8 heteroatoms. The van der Waals surface area contributed by atoms with E-state index in [0.717, 1.165) is 16.7 Å². The smallest absolute Gasteiger partial charge is 0.407 e. The first kappa shape index (κ1) is 23.0. The zero-order chi connectivity index (χ0) is 24.4. The number of fused-ring (bicyclic) bond motifs is 3. The number of carboxylic acids is 1. The van der Waals surface area contributed by atoms with E-state index in [2.05, 4.69) is 29.6 Å². The molecule has 35 heavy (non-hydrogen) atoms. The number of carbonyl (C=O) groups is 3. The molecule has 0 unspecified atom stereocenters. The molecule has 3 aromatic rings. The number of nitrogens with one attached hydrogen (secondary N) is 1. The number of aliphatic carboxylic acids is 1. The average Bonchev–Trinajstić information content (AvgIpc) is 3.50. The Kier molecular flexibility index (Phi) is 6.46. The fourth-order valence-electron chi connectivity index (χ4n) is 4.60. The highest BCUT2D eigenvalue weighted by molar-refractivity contribution is 7.99. The van der Waals surface area contributed by atoms with E-state index in [1.54, 1.807) is 24.3 Å². The molecule has 5 rings (SSSR count). The van der Waals surface area contributed by atoms with Gasteiger partial charge < -0.3 is 20.1 Å². The number of carboxylic acid groups (broad SMARTS) is 1. The number of amides is 2. The first-order valence-electron chi connectivity index (χ1n) is 11.3. The number of benzene rings is 3. The van der Waals surface area contributed by atoms with E-state index in [4.69, 9.17) is 4.74 Å². The molecule has 0 aromatic heterocycles. The SMILES string of the molecule is O=C(NCc1ccc(C(=O)N2CSC[C@H]2C(=O)O)cc1)OCC1c2ccccc2-c2ccccc21. The monoisotopic (exact) mass is 488 g/mol. The Bertz CT molecular complexity index is 1230. The summed E-state index contributed by atoms with van der Waals surface area (Å²) in [5, 5.41) is 12.1. The van der Waals surface area contributed by atoms with Crippen molar-refractivity contribution in [3.63, 3.8) is 0 Å². The van der Waals surface area contributed by atoms with Crippen molar-refractivity contribution in [3.8, 4) is 11.1 Å². The van der Waals surface area contributed by atoms with Crippen molar-refractivity contribution < 1.29 is 24.2 Å². The number of ether oxygens (including phenoxy) is 1. The first-order valence-corrected chi connectivity index (χ1v) is 12.5. The molecule has 1 aliphatic heterocycles. The van der Waals surface area contributed by atoms with Crippen LogP contribution in [-0.4, -0.2) is 52.3 Å². The highest BCUT2D eigenvalue weighted by Crippen LogP contribution is 2.44. The zero-order valence-corrected chi connectivity index (χ0v) is 19.7. The molecule has 3 aromatic carbocycles. The largest absolute Gasteiger partial charge is 0.480 e. The first-order chi connectivity index (χ1) is 17.0. The van der Waals surface area contributed by atoms with E-state index in [9.17, 15) is 19.5 Å². The Morgan fingerprint density at radius 3 is 2.20 bits per heavy atom. The number of nitrogens with zero attached hydrogens (tertiary/aromatic N) is 1. The van der Waals surface area contributed by atoms with E-state index < -0.39 is 18.1 Å². The number of rotatable bonds is 6. The van der Waals surface area contributed by atoms with Crippen LogP contribution in [0.1, 0.15) is 33.0 Å². The normalized spacial score (nSPS) is 16.5. The van der Waals surface area contributed by atoms with Gasteiger partial charge in [-0.3, -0.25) is 4.79 Å². The van der Waals surface area contributed by atoms with Gasteiger partial charge in [0.15, 0.2) is 0 Å². The van der Waals surface area contributed by atoms with Crippen LogP contribution in [0.2, 0.25) is 0 Å². The second-order valence-electron chi connectivity index (χ2n) is 8.50. The maximum Gasteiger partial charge on any atom is 0.407 e. The third-order valence-electron chi connectivity index (χ3n) is 6.41. The summed E-state index contributed by atoms with van der Waals surface area (Å²) in [6.45, 7) is 0.494. The van der Waals surface area contributed by atoms with Crippen LogP contribution in [0.25, 0.3) is 11.1 Å². The van der Waals surface area contributed by atoms with Crippen molar-refractivity contribution in [2.75, 3.05) is 18.2 Å². The van der Waals surface area contributed by atoms with Crippen molar-refractivity contribution in [2.24, 2.45) is 0 Å². The minimum atomic E-state index is -0.993. The van der Waals surface area contributed by atoms with Gasteiger partial charge in [0, 0.05) is 23.8 Å². The van der Waals surface area contributed by atoms with Gasteiger partial charge in [0.1, 0.15) is 12.6 Å². The lowest BCUT2D eigenvalue weighted by Gasteiger charge is -2.20. The minimum Gasteiger partial charge on any atom is -0.480 e. The van der Waals surface area contributed by atoms with E-state index in [-0.39, 0.29) is 25.0 Å². The number of hydrogen-bond acceptors (Lipinski definition) is 5. The molecule has 1 heterocycles. The van der Waals surface area contributed by atoms with Crippen molar-refractivity contribution in [2.45, 2.75) is 18.5 Å². The van der Waals surface area contributed by atoms with Gasteiger partial charge in [0.2, 0.25) is 0 Å². The Morgan fingerprint density at radius 1 is 0.943 bits per heavy atom. The lowest BCUT2D eigenvalue weighted by atomic mass is 9.98. The topological polar surface area (TPSA) is 95.9 Å². The van der Waals surface area contributed by atoms with E-state index in [1.165, 1.54) is 27.8 Å². The molecule has 1 saturated heterocycles. The van der Waals surface area contributed by atoms with Crippen molar-refractivity contribution in [1.29, 1.82) is 0 Å². The number of alkyl carbamates (subject to hydrolysis) is 1. The Hall–Kier alpha value is -3.78. The molecule has 1 aliphatic carbocycles. The van der Waals surface area contributed by atoms with Crippen LogP contribution < -0.4 is 5.32 Å². The molecule has 1 fully saturated rings. The Balaban J connectivity index is 1.16. The highest BCUT2D eigenvalue weighted by atomic mass is 32.2. The van der Waals surface area contributed by atoms with Crippen LogP contribution in [0.3, 0.4) is 0 Å². The molecular formula is C27H24N2O5S. The molecule has 7 nitrogen and oxygen atoms in total. The van der Waals surface area contributed by atoms with Gasteiger partial charge in [-0.2, -0.15) is 0 Å². The predicted molar refractivity (Wildman–Crippen MR) is 133 cm³/mol. The third-order valence-corrected chi connectivity index (χ3v) is 7.42.